The molecule has 1 aliphatic heterocycles. The molecule has 0 atom stereocenters. The number of ether oxygens (including phenoxy) is 1. The Morgan fingerprint density at radius 1 is 0.574 bits per heavy atom. The Kier molecular flexibility index (Phi) is 10.7. The summed E-state index contributed by atoms with van der Waals surface area (Å²) in [4.78, 5) is 9.16. The van der Waals surface area contributed by atoms with Crippen molar-refractivity contribution in [2.75, 3.05) is 9.80 Å². The minimum Gasteiger partial charge on any atom is -0.509 e. The molecule has 302 valence electrons. The molecule has 0 radical (unpaired) electrons. The van der Waals surface area contributed by atoms with Crippen molar-refractivity contribution in [1.29, 1.82) is 0 Å². The molecule has 0 N–H and O–H groups in total. The predicted molar refractivity (Wildman–Crippen MR) is 247 cm³/mol. The third-order valence-electron chi connectivity index (χ3n) is 11.3. The summed E-state index contributed by atoms with van der Waals surface area (Å²) < 4.78 is 8.94. The fraction of sp³-hybridized carbons (Fsp3) is 0.0909. The second-order valence-electron chi connectivity index (χ2n) is 16.3. The van der Waals surface area contributed by atoms with Gasteiger partial charge in [-0.3, -0.25) is 0 Å². The van der Waals surface area contributed by atoms with Gasteiger partial charge in [-0.15, -0.1) is 53.6 Å². The van der Waals surface area contributed by atoms with Crippen LogP contribution in [0.1, 0.15) is 31.9 Å². The largest absolute Gasteiger partial charge is 0.509 e. The van der Waals surface area contributed by atoms with E-state index in [0.717, 1.165) is 55.7 Å². The van der Waals surface area contributed by atoms with Crippen LogP contribution in [0.2, 0.25) is 0 Å². The molecule has 61 heavy (non-hydrogen) atoms. The monoisotopic (exact) mass is 970 g/mol. The van der Waals surface area contributed by atoms with E-state index >= 15 is 0 Å². The topological polar surface area (TPSA) is 33.5 Å². The minimum absolute atomic E-state index is 0. The van der Waals surface area contributed by atoms with E-state index < -0.39 is 0 Å². The van der Waals surface area contributed by atoms with E-state index in [4.69, 9.17) is 9.72 Å². The van der Waals surface area contributed by atoms with E-state index in [0.29, 0.717) is 11.5 Å². The molecule has 6 heteroatoms. The summed E-state index contributed by atoms with van der Waals surface area (Å²) in [5.74, 6) is 2.03. The average molecular weight is 971 g/mol. The molecular formula is C55H43N4OPt-3. The van der Waals surface area contributed by atoms with Gasteiger partial charge in [0.05, 0.1) is 0 Å². The summed E-state index contributed by atoms with van der Waals surface area (Å²) in [6.45, 7) is 11.0. The second-order valence-corrected chi connectivity index (χ2v) is 16.3. The third kappa shape index (κ3) is 7.78. The Balaban J connectivity index is 0.00000476. The van der Waals surface area contributed by atoms with Crippen LogP contribution >= 0.6 is 0 Å². The summed E-state index contributed by atoms with van der Waals surface area (Å²) in [6, 6.07) is 64.5. The first-order chi connectivity index (χ1) is 29.3. The molecule has 3 heterocycles. The zero-order valence-electron chi connectivity index (χ0n) is 34.4. The molecule has 0 spiro atoms. The number of fused-ring (bicyclic) bond motifs is 3. The van der Waals surface area contributed by atoms with Gasteiger partial charge in [0.2, 0.25) is 0 Å². The number of aromatic nitrogens is 2. The number of para-hydroxylation sites is 1. The van der Waals surface area contributed by atoms with Crippen molar-refractivity contribution in [2.24, 2.45) is 0 Å². The summed E-state index contributed by atoms with van der Waals surface area (Å²) in [6.07, 6.45) is 6.09. The first kappa shape index (κ1) is 39.8. The average Bonchev–Trinajstić information content (AvgIpc) is 3.91. The van der Waals surface area contributed by atoms with Gasteiger partial charge in [0.1, 0.15) is 5.82 Å². The molecule has 0 unspecified atom stereocenters. The number of nitrogens with zero attached hydrogens (tertiary/aromatic N) is 4. The molecule has 5 nitrogen and oxygen atoms in total. The summed E-state index contributed by atoms with van der Waals surface area (Å²) >= 11 is 0. The van der Waals surface area contributed by atoms with Crippen LogP contribution in [0.3, 0.4) is 0 Å². The van der Waals surface area contributed by atoms with Crippen molar-refractivity contribution in [1.82, 2.24) is 9.55 Å². The molecular weight excluding hydrogens is 928 g/mol. The van der Waals surface area contributed by atoms with Gasteiger partial charge in [-0.2, -0.15) is 6.07 Å². The maximum Gasteiger partial charge on any atom is 0.135 e. The minimum atomic E-state index is -0.0269. The summed E-state index contributed by atoms with van der Waals surface area (Å²) in [5.41, 5.74) is 13.1. The van der Waals surface area contributed by atoms with Gasteiger partial charge in [-0.25, -0.2) is 4.98 Å². The van der Waals surface area contributed by atoms with Crippen molar-refractivity contribution in [3.05, 3.63) is 212 Å². The second kappa shape index (κ2) is 16.4. The molecule has 10 rings (SSSR count). The van der Waals surface area contributed by atoms with Crippen molar-refractivity contribution < 1.29 is 25.8 Å². The van der Waals surface area contributed by atoms with E-state index in [2.05, 4.69) is 225 Å². The molecule has 9 aromatic rings. The maximum absolute atomic E-state index is 6.75. The van der Waals surface area contributed by atoms with Crippen LogP contribution in [-0.2, 0) is 26.5 Å². The summed E-state index contributed by atoms with van der Waals surface area (Å²) in [5, 5.41) is 2.22. The molecule has 0 bridgehead atoms. The van der Waals surface area contributed by atoms with E-state index in [1.807, 2.05) is 18.3 Å². The van der Waals surface area contributed by atoms with Crippen LogP contribution in [0.5, 0.6) is 11.5 Å². The Morgan fingerprint density at radius 3 is 1.92 bits per heavy atom. The fourth-order valence-corrected chi connectivity index (χ4v) is 8.14. The van der Waals surface area contributed by atoms with Gasteiger partial charge in [0, 0.05) is 50.0 Å². The zero-order valence-corrected chi connectivity index (χ0v) is 36.7. The van der Waals surface area contributed by atoms with Gasteiger partial charge in [0.15, 0.2) is 0 Å². The number of benzene rings is 7. The third-order valence-corrected chi connectivity index (χ3v) is 11.3. The normalized spacial score (nSPS) is 12.6. The number of hydrogen-bond donors (Lipinski definition) is 0. The summed E-state index contributed by atoms with van der Waals surface area (Å²) in [7, 11) is 0. The van der Waals surface area contributed by atoms with Gasteiger partial charge in [-0.1, -0.05) is 135 Å². The molecule has 1 aliphatic rings. The number of pyridine rings is 1. The standard InChI is InChI=1S/C55H43N4O.Pt/c1-38-50(41-20-12-7-13-21-41)32-43(40-18-10-6-11-19-40)33-52(38)58-29-28-57(37-58)45-30-42(39-16-8-5-9-17-39)31-47(35-45)60-46-24-25-49-48-22-14-15-23-51(48)59(53(49)36-46)54-34-44(26-27-56-54)55(2,3)4;/h5-34,37H,1-4H3;/q-3;. The van der Waals surface area contributed by atoms with Crippen LogP contribution in [0, 0.1) is 25.7 Å². The Hall–Kier alpha value is -6.68. The molecule has 2 aromatic heterocycles. The number of hydrogen-bond acceptors (Lipinski definition) is 4. The fourth-order valence-electron chi connectivity index (χ4n) is 8.14. The van der Waals surface area contributed by atoms with Crippen molar-refractivity contribution in [2.45, 2.75) is 33.1 Å². The molecule has 7 aromatic carbocycles. The van der Waals surface area contributed by atoms with E-state index in [-0.39, 0.29) is 26.5 Å². The van der Waals surface area contributed by atoms with Gasteiger partial charge in [-0.05, 0) is 99.4 Å². The van der Waals surface area contributed by atoms with Crippen LogP contribution in [0.4, 0.5) is 11.4 Å². The van der Waals surface area contributed by atoms with Gasteiger partial charge in [0.25, 0.3) is 0 Å². The smallest absolute Gasteiger partial charge is 0.135 e. The predicted octanol–water partition coefficient (Wildman–Crippen LogP) is 14.1. The van der Waals surface area contributed by atoms with Gasteiger partial charge < -0.3 is 19.1 Å². The van der Waals surface area contributed by atoms with Crippen LogP contribution in [-0.4, -0.2) is 9.55 Å². The van der Waals surface area contributed by atoms with Crippen LogP contribution in [0.25, 0.3) is 61.0 Å². The van der Waals surface area contributed by atoms with E-state index in [9.17, 15) is 0 Å². The molecule has 0 saturated heterocycles. The van der Waals surface area contributed by atoms with Crippen molar-refractivity contribution >= 4 is 33.2 Å². The quantitative estimate of drug-likeness (QED) is 0.142. The maximum atomic E-state index is 6.75. The first-order valence-electron chi connectivity index (χ1n) is 20.4. The van der Waals surface area contributed by atoms with E-state index in [1.165, 1.54) is 27.8 Å². The van der Waals surface area contributed by atoms with Gasteiger partial charge >= 0.3 is 0 Å². The zero-order chi connectivity index (χ0) is 40.8. The van der Waals surface area contributed by atoms with Crippen LogP contribution < -0.4 is 14.5 Å². The Labute approximate surface area is 372 Å². The number of rotatable bonds is 8. The first-order valence-corrected chi connectivity index (χ1v) is 20.4. The van der Waals surface area contributed by atoms with E-state index in [1.54, 1.807) is 0 Å². The molecule has 0 saturated carbocycles. The molecule has 0 amide bonds. The molecule has 0 aliphatic carbocycles. The van der Waals surface area contributed by atoms with Crippen molar-refractivity contribution in [3.63, 3.8) is 0 Å². The Bertz CT molecular complexity index is 3040. The van der Waals surface area contributed by atoms with Crippen molar-refractivity contribution in [3.8, 4) is 50.7 Å². The van der Waals surface area contributed by atoms with Crippen LogP contribution in [0.15, 0.2) is 182 Å². The Morgan fingerprint density at radius 2 is 1.21 bits per heavy atom. The SMILES string of the molecule is Cc1c(-c2ccccc2)cc(-c2ccccc2)cc1N1C=CN(c2[c-]c(Oc3[c-]c4c(cc3)c3ccccc3n4-c3cc(C(C)(C)C)ccn3)cc(-c3ccccc3)c2)[CH-]1.[Pt]. The number of anilines is 2. The molecule has 0 fully saturated rings.